The van der Waals surface area contributed by atoms with Crippen molar-refractivity contribution in [2.75, 3.05) is 20.1 Å². The van der Waals surface area contributed by atoms with E-state index < -0.39 is 0 Å². The van der Waals surface area contributed by atoms with E-state index in [2.05, 4.69) is 16.3 Å². The number of nitrogens with zero attached hydrogens (tertiary/aromatic N) is 1. The second-order valence-electron chi connectivity index (χ2n) is 6.28. The van der Waals surface area contributed by atoms with Gasteiger partial charge in [-0.1, -0.05) is 19.3 Å². The summed E-state index contributed by atoms with van der Waals surface area (Å²) >= 11 is 0. The molecule has 1 aliphatic heterocycles. The zero-order valence-corrected chi connectivity index (χ0v) is 12.0. The fourth-order valence-electron chi connectivity index (χ4n) is 3.85. The molecule has 1 aromatic heterocycles. The molecule has 3 heteroatoms. The fraction of sp³-hybridized carbons (Fsp3) is 0.750. The van der Waals surface area contributed by atoms with E-state index in [0.29, 0.717) is 0 Å². The minimum Gasteiger partial charge on any atom is -0.468 e. The number of likely N-dealkylation sites (tertiary alicyclic amines) is 1. The quantitative estimate of drug-likeness (QED) is 0.904. The van der Waals surface area contributed by atoms with Crippen molar-refractivity contribution in [3.8, 4) is 0 Å². The molecule has 0 bridgehead atoms. The molecule has 2 unspecified atom stereocenters. The van der Waals surface area contributed by atoms with Crippen molar-refractivity contribution in [1.29, 1.82) is 0 Å². The van der Waals surface area contributed by atoms with Gasteiger partial charge in [0.2, 0.25) is 0 Å². The van der Waals surface area contributed by atoms with Gasteiger partial charge in [0.15, 0.2) is 0 Å². The molecule has 0 aromatic carbocycles. The molecule has 2 atom stereocenters. The van der Waals surface area contributed by atoms with E-state index in [-0.39, 0.29) is 0 Å². The maximum atomic E-state index is 5.67. The molecule has 0 spiro atoms. The van der Waals surface area contributed by atoms with E-state index in [1.165, 1.54) is 50.8 Å². The first-order valence-electron chi connectivity index (χ1n) is 7.78. The zero-order chi connectivity index (χ0) is 13.1. The molecule has 19 heavy (non-hydrogen) atoms. The zero-order valence-electron chi connectivity index (χ0n) is 12.0. The Balaban J connectivity index is 1.54. The summed E-state index contributed by atoms with van der Waals surface area (Å²) in [5.74, 6) is 3.09. The monoisotopic (exact) mass is 262 g/mol. The molecular weight excluding hydrogens is 236 g/mol. The van der Waals surface area contributed by atoms with E-state index >= 15 is 0 Å². The summed E-state index contributed by atoms with van der Waals surface area (Å²) in [4.78, 5) is 2.59. The molecule has 1 N–H and O–H groups in total. The maximum absolute atomic E-state index is 5.67. The normalized spacial score (nSPS) is 28.3. The summed E-state index contributed by atoms with van der Waals surface area (Å²) in [6.45, 7) is 4.43. The SMILES string of the molecule is CNCc1coc(CN2CCC3CCCCC3C2)c1. The molecule has 106 valence electrons. The summed E-state index contributed by atoms with van der Waals surface area (Å²) in [5, 5.41) is 3.16. The summed E-state index contributed by atoms with van der Waals surface area (Å²) < 4.78 is 5.67. The van der Waals surface area contributed by atoms with Gasteiger partial charge in [0.25, 0.3) is 0 Å². The van der Waals surface area contributed by atoms with Crippen LogP contribution in [-0.2, 0) is 13.1 Å². The van der Waals surface area contributed by atoms with Gasteiger partial charge in [0, 0.05) is 18.7 Å². The van der Waals surface area contributed by atoms with Crippen molar-refractivity contribution < 1.29 is 4.42 Å². The van der Waals surface area contributed by atoms with E-state index in [9.17, 15) is 0 Å². The lowest BCUT2D eigenvalue weighted by Crippen LogP contribution is -2.41. The van der Waals surface area contributed by atoms with Crippen LogP contribution in [-0.4, -0.2) is 25.0 Å². The third-order valence-electron chi connectivity index (χ3n) is 4.84. The number of hydrogen-bond acceptors (Lipinski definition) is 3. The number of furan rings is 1. The van der Waals surface area contributed by atoms with E-state index in [4.69, 9.17) is 4.42 Å². The Morgan fingerprint density at radius 3 is 2.95 bits per heavy atom. The molecular formula is C16H26N2O. The van der Waals surface area contributed by atoms with Gasteiger partial charge in [0.1, 0.15) is 5.76 Å². The molecule has 0 amide bonds. The molecule has 1 aliphatic carbocycles. The lowest BCUT2D eigenvalue weighted by molar-refractivity contribution is 0.0774. The summed E-state index contributed by atoms with van der Waals surface area (Å²) in [6, 6.07) is 2.20. The lowest BCUT2D eigenvalue weighted by atomic mass is 9.75. The second kappa shape index (κ2) is 6.10. The van der Waals surface area contributed by atoms with E-state index in [1.54, 1.807) is 0 Å². The Morgan fingerprint density at radius 2 is 2.11 bits per heavy atom. The van der Waals surface area contributed by atoms with Gasteiger partial charge in [-0.3, -0.25) is 4.90 Å². The molecule has 1 aromatic rings. The van der Waals surface area contributed by atoms with Crippen molar-refractivity contribution in [3.05, 3.63) is 23.7 Å². The standard InChI is InChI=1S/C16H26N2O/c1-17-9-13-8-16(19-12-13)11-18-7-6-14-4-2-3-5-15(14)10-18/h8,12,14-15,17H,2-7,9-11H2,1H3. The highest BCUT2D eigenvalue weighted by atomic mass is 16.3. The second-order valence-corrected chi connectivity index (χ2v) is 6.28. The first-order chi connectivity index (χ1) is 9.35. The van der Waals surface area contributed by atoms with E-state index in [0.717, 1.165) is 30.7 Å². The van der Waals surface area contributed by atoms with Crippen LogP contribution in [0.1, 0.15) is 43.4 Å². The van der Waals surface area contributed by atoms with Gasteiger partial charge in [0.05, 0.1) is 12.8 Å². The van der Waals surface area contributed by atoms with Gasteiger partial charge < -0.3 is 9.73 Å². The van der Waals surface area contributed by atoms with Crippen LogP contribution < -0.4 is 5.32 Å². The summed E-state index contributed by atoms with van der Waals surface area (Å²) in [5.41, 5.74) is 1.25. The lowest BCUT2D eigenvalue weighted by Gasteiger charge is -2.41. The van der Waals surface area contributed by atoms with Crippen molar-refractivity contribution in [2.45, 2.75) is 45.2 Å². The number of hydrogen-bond donors (Lipinski definition) is 1. The number of piperidine rings is 1. The highest BCUT2D eigenvalue weighted by molar-refractivity contribution is 5.12. The fourth-order valence-corrected chi connectivity index (χ4v) is 3.85. The minimum absolute atomic E-state index is 0.897. The number of rotatable bonds is 4. The van der Waals surface area contributed by atoms with Gasteiger partial charge in [-0.25, -0.2) is 0 Å². The predicted molar refractivity (Wildman–Crippen MR) is 76.8 cm³/mol. The van der Waals surface area contributed by atoms with Crippen LogP contribution in [0.25, 0.3) is 0 Å². The Labute approximate surface area is 116 Å². The Morgan fingerprint density at radius 1 is 1.26 bits per heavy atom. The van der Waals surface area contributed by atoms with Crippen molar-refractivity contribution >= 4 is 0 Å². The van der Waals surface area contributed by atoms with Gasteiger partial charge in [-0.15, -0.1) is 0 Å². The Hall–Kier alpha value is -0.800. The third-order valence-corrected chi connectivity index (χ3v) is 4.84. The first kappa shape index (κ1) is 13.2. The van der Waals surface area contributed by atoms with Gasteiger partial charge in [-0.2, -0.15) is 0 Å². The smallest absolute Gasteiger partial charge is 0.118 e. The molecule has 0 radical (unpaired) electrons. The molecule has 3 nitrogen and oxygen atoms in total. The van der Waals surface area contributed by atoms with Crippen molar-refractivity contribution in [2.24, 2.45) is 11.8 Å². The van der Waals surface area contributed by atoms with Crippen molar-refractivity contribution in [1.82, 2.24) is 10.2 Å². The molecule has 1 saturated heterocycles. The van der Waals surface area contributed by atoms with Crippen molar-refractivity contribution in [3.63, 3.8) is 0 Å². The molecule has 2 heterocycles. The molecule has 2 fully saturated rings. The van der Waals surface area contributed by atoms with E-state index in [1.807, 2.05) is 13.3 Å². The largest absolute Gasteiger partial charge is 0.468 e. The van der Waals surface area contributed by atoms with Crippen LogP contribution in [0.4, 0.5) is 0 Å². The number of nitrogens with one attached hydrogen (secondary N) is 1. The van der Waals surface area contributed by atoms with Gasteiger partial charge in [-0.05, 0) is 44.3 Å². The minimum atomic E-state index is 0.897. The summed E-state index contributed by atoms with van der Waals surface area (Å²) in [7, 11) is 1.97. The van der Waals surface area contributed by atoms with Gasteiger partial charge >= 0.3 is 0 Å². The Kier molecular flexibility index (Phi) is 4.24. The summed E-state index contributed by atoms with van der Waals surface area (Å²) in [6.07, 6.45) is 9.12. The predicted octanol–water partition coefficient (Wildman–Crippen LogP) is 3.01. The van der Waals surface area contributed by atoms with Crippen LogP contribution in [0.3, 0.4) is 0 Å². The molecule has 2 aliphatic rings. The molecule has 3 rings (SSSR count). The average Bonchev–Trinajstić information content (AvgIpc) is 2.86. The van der Waals surface area contributed by atoms with Crippen LogP contribution in [0.2, 0.25) is 0 Å². The maximum Gasteiger partial charge on any atom is 0.118 e. The topological polar surface area (TPSA) is 28.4 Å². The first-order valence-corrected chi connectivity index (χ1v) is 7.78. The van der Waals surface area contributed by atoms with Crippen LogP contribution in [0.15, 0.2) is 16.7 Å². The Bertz CT molecular complexity index is 401. The molecule has 1 saturated carbocycles. The number of fused-ring (bicyclic) bond motifs is 1. The highest BCUT2D eigenvalue weighted by Crippen LogP contribution is 2.36. The van der Waals surface area contributed by atoms with Crippen LogP contribution in [0.5, 0.6) is 0 Å². The average molecular weight is 262 g/mol. The highest BCUT2D eigenvalue weighted by Gasteiger charge is 2.31. The third kappa shape index (κ3) is 3.21. The van der Waals surface area contributed by atoms with Crippen LogP contribution in [0, 0.1) is 11.8 Å². The van der Waals surface area contributed by atoms with Crippen LogP contribution >= 0.6 is 0 Å².